The molecule has 6 heteroatoms. The van der Waals surface area contributed by atoms with E-state index in [1.165, 1.54) is 10.4 Å². The number of hydrogen-bond acceptors (Lipinski definition) is 6. The molecule has 0 unspecified atom stereocenters. The van der Waals surface area contributed by atoms with Crippen molar-refractivity contribution in [3.05, 3.63) is 46.6 Å². The normalized spacial score (nSPS) is 10.8. The number of hydrogen-bond donors (Lipinski definition) is 1. The Morgan fingerprint density at radius 2 is 2.12 bits per heavy atom. The van der Waals surface area contributed by atoms with Crippen LogP contribution in [0.5, 0.6) is 0 Å². The molecule has 0 radical (unpaired) electrons. The summed E-state index contributed by atoms with van der Waals surface area (Å²) in [4.78, 5) is 23.0. The SMILES string of the molecule is CCCCOC(=O)c1cccc(Nc2ncnc3sc(C)c(C)c23)c1. The van der Waals surface area contributed by atoms with E-state index in [-0.39, 0.29) is 5.97 Å². The Morgan fingerprint density at radius 3 is 2.92 bits per heavy atom. The Hall–Kier alpha value is -2.47. The lowest BCUT2D eigenvalue weighted by Gasteiger charge is -2.09. The predicted octanol–water partition coefficient (Wildman–Crippen LogP) is 5.01. The number of aryl methyl sites for hydroxylation is 2. The maximum atomic E-state index is 12.1. The molecule has 1 N–H and O–H groups in total. The van der Waals surface area contributed by atoms with Crippen molar-refractivity contribution in [1.29, 1.82) is 0 Å². The molecule has 130 valence electrons. The van der Waals surface area contributed by atoms with Crippen molar-refractivity contribution in [2.75, 3.05) is 11.9 Å². The Bertz CT molecular complexity index is 905. The first-order valence-corrected chi connectivity index (χ1v) is 9.16. The number of thiophene rings is 1. The van der Waals surface area contributed by atoms with E-state index < -0.39 is 0 Å². The summed E-state index contributed by atoms with van der Waals surface area (Å²) < 4.78 is 5.28. The van der Waals surface area contributed by atoms with Crippen molar-refractivity contribution in [2.24, 2.45) is 0 Å². The maximum absolute atomic E-state index is 12.1. The van der Waals surface area contributed by atoms with Crippen molar-refractivity contribution in [3.63, 3.8) is 0 Å². The van der Waals surface area contributed by atoms with Gasteiger partial charge < -0.3 is 10.1 Å². The minimum absolute atomic E-state index is 0.299. The largest absolute Gasteiger partial charge is 0.462 e. The number of esters is 1. The molecule has 25 heavy (non-hydrogen) atoms. The number of fused-ring (bicyclic) bond motifs is 1. The fraction of sp³-hybridized carbons (Fsp3) is 0.316. The minimum Gasteiger partial charge on any atom is -0.462 e. The van der Waals surface area contributed by atoms with Gasteiger partial charge in [-0.2, -0.15) is 0 Å². The summed E-state index contributed by atoms with van der Waals surface area (Å²) in [5.74, 6) is 0.454. The smallest absolute Gasteiger partial charge is 0.338 e. The van der Waals surface area contributed by atoms with Crippen molar-refractivity contribution in [2.45, 2.75) is 33.6 Å². The van der Waals surface area contributed by atoms with Gasteiger partial charge in [-0.3, -0.25) is 0 Å². The Labute approximate surface area is 151 Å². The first kappa shape index (κ1) is 17.4. The molecule has 0 saturated heterocycles. The number of unbranched alkanes of at least 4 members (excludes halogenated alkanes) is 1. The van der Waals surface area contributed by atoms with E-state index in [1.54, 1.807) is 29.8 Å². The third kappa shape index (κ3) is 3.79. The number of nitrogens with zero attached hydrogens (tertiary/aromatic N) is 2. The lowest BCUT2D eigenvalue weighted by molar-refractivity contribution is 0.0500. The van der Waals surface area contributed by atoms with E-state index in [0.29, 0.717) is 12.2 Å². The third-order valence-corrected chi connectivity index (χ3v) is 5.17. The number of carbonyl (C=O) groups is 1. The van der Waals surface area contributed by atoms with E-state index in [4.69, 9.17) is 4.74 Å². The van der Waals surface area contributed by atoms with Crippen molar-refractivity contribution >= 4 is 39.0 Å². The molecule has 0 aliphatic heterocycles. The second kappa shape index (κ2) is 7.61. The molecule has 0 atom stereocenters. The van der Waals surface area contributed by atoms with Crippen LogP contribution in [0, 0.1) is 13.8 Å². The van der Waals surface area contributed by atoms with Crippen LogP contribution in [-0.4, -0.2) is 22.5 Å². The van der Waals surface area contributed by atoms with Gasteiger partial charge in [0.15, 0.2) is 0 Å². The summed E-state index contributed by atoms with van der Waals surface area (Å²) >= 11 is 1.66. The number of aromatic nitrogens is 2. The fourth-order valence-corrected chi connectivity index (χ4v) is 3.53. The van der Waals surface area contributed by atoms with Gasteiger partial charge in [-0.1, -0.05) is 19.4 Å². The van der Waals surface area contributed by atoms with Crippen LogP contribution in [0.3, 0.4) is 0 Å². The van der Waals surface area contributed by atoms with Gasteiger partial charge >= 0.3 is 5.97 Å². The van der Waals surface area contributed by atoms with E-state index in [1.807, 2.05) is 12.1 Å². The maximum Gasteiger partial charge on any atom is 0.338 e. The van der Waals surface area contributed by atoms with Crippen LogP contribution in [0.2, 0.25) is 0 Å². The molecule has 0 spiro atoms. The second-order valence-electron chi connectivity index (χ2n) is 5.88. The summed E-state index contributed by atoms with van der Waals surface area (Å²) in [7, 11) is 0. The molecule has 3 aromatic rings. The number of rotatable bonds is 6. The molecular formula is C19H21N3O2S. The quantitative estimate of drug-likeness (QED) is 0.497. The molecule has 2 heterocycles. The highest BCUT2D eigenvalue weighted by molar-refractivity contribution is 7.18. The van der Waals surface area contributed by atoms with Gasteiger partial charge in [-0.05, 0) is 44.0 Å². The first-order chi connectivity index (χ1) is 12.1. The molecular weight excluding hydrogens is 334 g/mol. The van der Waals surface area contributed by atoms with Gasteiger partial charge in [-0.25, -0.2) is 14.8 Å². The Balaban J connectivity index is 1.84. The van der Waals surface area contributed by atoms with Gasteiger partial charge in [0.25, 0.3) is 0 Å². The van der Waals surface area contributed by atoms with Crippen molar-refractivity contribution in [1.82, 2.24) is 9.97 Å². The Kier molecular flexibility index (Phi) is 5.28. The zero-order valence-corrected chi connectivity index (χ0v) is 15.4. The van der Waals surface area contributed by atoms with Crippen LogP contribution in [-0.2, 0) is 4.74 Å². The van der Waals surface area contributed by atoms with Crippen LogP contribution >= 0.6 is 11.3 Å². The lowest BCUT2D eigenvalue weighted by Crippen LogP contribution is -2.06. The standard InChI is InChI=1S/C19H21N3O2S/c1-4-5-9-24-19(23)14-7-6-8-15(10-14)22-17-16-12(2)13(3)25-18(16)21-11-20-17/h6-8,10-11H,4-5,9H2,1-3H3,(H,20,21,22). The van der Waals surface area contributed by atoms with Gasteiger partial charge in [0, 0.05) is 10.6 Å². The third-order valence-electron chi connectivity index (χ3n) is 4.06. The molecule has 0 aliphatic rings. The zero-order valence-electron chi connectivity index (χ0n) is 14.6. The van der Waals surface area contributed by atoms with E-state index in [9.17, 15) is 4.79 Å². The molecule has 0 amide bonds. The molecule has 0 fully saturated rings. The van der Waals surface area contributed by atoms with Gasteiger partial charge in [0.2, 0.25) is 0 Å². The van der Waals surface area contributed by atoms with Crippen molar-refractivity contribution < 1.29 is 9.53 Å². The molecule has 3 rings (SSSR count). The summed E-state index contributed by atoms with van der Waals surface area (Å²) in [6, 6.07) is 7.29. The number of nitrogens with one attached hydrogen (secondary N) is 1. The van der Waals surface area contributed by atoms with Gasteiger partial charge in [0.1, 0.15) is 17.0 Å². The zero-order chi connectivity index (χ0) is 17.8. The highest BCUT2D eigenvalue weighted by atomic mass is 32.1. The lowest BCUT2D eigenvalue weighted by atomic mass is 10.2. The fourth-order valence-electron chi connectivity index (χ4n) is 2.53. The summed E-state index contributed by atoms with van der Waals surface area (Å²) in [5, 5.41) is 4.34. The second-order valence-corrected chi connectivity index (χ2v) is 7.08. The average Bonchev–Trinajstić information content (AvgIpc) is 2.90. The van der Waals surface area contributed by atoms with Crippen LogP contribution in [0.15, 0.2) is 30.6 Å². The number of ether oxygens (including phenoxy) is 1. The number of carbonyl (C=O) groups excluding carboxylic acids is 1. The van der Waals surface area contributed by atoms with E-state index >= 15 is 0 Å². The summed E-state index contributed by atoms with van der Waals surface area (Å²) in [5.41, 5.74) is 2.51. The molecule has 0 bridgehead atoms. The van der Waals surface area contributed by atoms with Crippen molar-refractivity contribution in [3.8, 4) is 0 Å². The van der Waals surface area contributed by atoms with E-state index in [2.05, 4.69) is 36.1 Å². The molecule has 5 nitrogen and oxygen atoms in total. The van der Waals surface area contributed by atoms with Crippen LogP contribution in [0.25, 0.3) is 10.2 Å². The predicted molar refractivity (Wildman–Crippen MR) is 102 cm³/mol. The van der Waals surface area contributed by atoms with Crippen LogP contribution in [0.1, 0.15) is 40.6 Å². The van der Waals surface area contributed by atoms with Gasteiger partial charge in [0.05, 0.1) is 17.6 Å². The van der Waals surface area contributed by atoms with Crippen LogP contribution < -0.4 is 5.32 Å². The highest BCUT2D eigenvalue weighted by Gasteiger charge is 2.13. The Morgan fingerprint density at radius 1 is 1.28 bits per heavy atom. The monoisotopic (exact) mass is 355 g/mol. The first-order valence-electron chi connectivity index (χ1n) is 8.35. The minimum atomic E-state index is -0.299. The van der Waals surface area contributed by atoms with E-state index in [0.717, 1.165) is 34.6 Å². The van der Waals surface area contributed by atoms with Crippen LogP contribution in [0.4, 0.5) is 11.5 Å². The number of anilines is 2. The molecule has 1 aromatic carbocycles. The highest BCUT2D eigenvalue weighted by Crippen LogP contribution is 2.33. The summed E-state index contributed by atoms with van der Waals surface area (Å²) in [6.45, 7) is 6.67. The number of benzene rings is 1. The summed E-state index contributed by atoms with van der Waals surface area (Å²) in [6.07, 6.45) is 3.43. The molecule has 0 saturated carbocycles. The topological polar surface area (TPSA) is 64.1 Å². The molecule has 2 aromatic heterocycles. The van der Waals surface area contributed by atoms with Gasteiger partial charge in [-0.15, -0.1) is 11.3 Å². The average molecular weight is 355 g/mol. The molecule has 0 aliphatic carbocycles.